The SMILES string of the molecule is CC1=CC(=O)N(c2cc(OC(C)C)c(Cl)cc2F)C2=NCC(C)N12. The Bertz CT molecular complexity index is 760. The highest BCUT2D eigenvalue weighted by Gasteiger charge is 2.38. The Balaban J connectivity index is 2.09. The lowest BCUT2D eigenvalue weighted by Crippen LogP contribution is -2.50. The van der Waals surface area contributed by atoms with E-state index < -0.39 is 5.82 Å². The van der Waals surface area contributed by atoms with Gasteiger partial charge in [-0.25, -0.2) is 14.3 Å². The summed E-state index contributed by atoms with van der Waals surface area (Å²) in [5.41, 5.74) is 0.884. The summed E-state index contributed by atoms with van der Waals surface area (Å²) < 4.78 is 20.2. The fourth-order valence-electron chi connectivity index (χ4n) is 2.92. The number of hydrogen-bond donors (Lipinski definition) is 0. The molecule has 2 heterocycles. The molecule has 1 amide bonds. The van der Waals surface area contributed by atoms with Crippen LogP contribution in [0, 0.1) is 5.82 Å². The number of halogens is 2. The largest absolute Gasteiger partial charge is 0.489 e. The summed E-state index contributed by atoms with van der Waals surface area (Å²) in [7, 11) is 0. The Kier molecular flexibility index (Phi) is 4.25. The number of rotatable bonds is 3. The quantitative estimate of drug-likeness (QED) is 0.836. The van der Waals surface area contributed by atoms with Gasteiger partial charge in [-0.15, -0.1) is 0 Å². The van der Waals surface area contributed by atoms with Crippen molar-refractivity contribution in [2.24, 2.45) is 4.99 Å². The Morgan fingerprint density at radius 1 is 1.42 bits per heavy atom. The third kappa shape index (κ3) is 2.75. The van der Waals surface area contributed by atoms with Crippen LogP contribution in [0.15, 0.2) is 28.9 Å². The van der Waals surface area contributed by atoms with E-state index in [1.165, 1.54) is 17.0 Å². The number of hydrogen-bond acceptors (Lipinski definition) is 4. The molecule has 128 valence electrons. The highest BCUT2D eigenvalue weighted by atomic mass is 35.5. The third-order valence-electron chi connectivity index (χ3n) is 3.89. The first-order chi connectivity index (χ1) is 11.3. The van der Waals surface area contributed by atoms with Gasteiger partial charge < -0.3 is 9.64 Å². The molecule has 2 aliphatic rings. The fraction of sp³-hybridized carbons (Fsp3) is 0.412. The van der Waals surface area contributed by atoms with Crippen molar-refractivity contribution in [3.05, 3.63) is 34.7 Å². The van der Waals surface area contributed by atoms with Crippen molar-refractivity contribution >= 4 is 29.2 Å². The van der Waals surface area contributed by atoms with Gasteiger partial charge in [0.25, 0.3) is 5.91 Å². The predicted molar refractivity (Wildman–Crippen MR) is 92.0 cm³/mol. The molecule has 0 fully saturated rings. The number of benzene rings is 1. The van der Waals surface area contributed by atoms with E-state index in [0.717, 1.165) is 11.8 Å². The van der Waals surface area contributed by atoms with E-state index in [-0.39, 0.29) is 28.8 Å². The molecule has 2 aliphatic heterocycles. The van der Waals surface area contributed by atoms with Crippen molar-refractivity contribution in [2.45, 2.75) is 39.8 Å². The van der Waals surface area contributed by atoms with Gasteiger partial charge in [0.2, 0.25) is 5.96 Å². The van der Waals surface area contributed by atoms with Crippen LogP contribution in [0.3, 0.4) is 0 Å². The summed E-state index contributed by atoms with van der Waals surface area (Å²) in [5.74, 6) is -0.169. The molecule has 0 saturated heterocycles. The molecule has 24 heavy (non-hydrogen) atoms. The maximum atomic E-state index is 14.5. The second-order valence-electron chi connectivity index (χ2n) is 6.22. The highest BCUT2D eigenvalue weighted by Crippen LogP contribution is 2.36. The van der Waals surface area contributed by atoms with Gasteiger partial charge >= 0.3 is 0 Å². The van der Waals surface area contributed by atoms with Crippen molar-refractivity contribution in [1.82, 2.24) is 4.90 Å². The van der Waals surface area contributed by atoms with Crippen LogP contribution in [0.4, 0.5) is 10.1 Å². The first kappa shape index (κ1) is 16.8. The average molecular weight is 352 g/mol. The molecule has 0 aromatic heterocycles. The van der Waals surface area contributed by atoms with E-state index in [9.17, 15) is 9.18 Å². The number of allylic oxidation sites excluding steroid dienone is 1. The van der Waals surface area contributed by atoms with Crippen molar-refractivity contribution in [3.63, 3.8) is 0 Å². The van der Waals surface area contributed by atoms with Gasteiger partial charge in [-0.1, -0.05) is 11.6 Å². The van der Waals surface area contributed by atoms with Gasteiger partial charge in [-0.2, -0.15) is 0 Å². The zero-order chi connectivity index (χ0) is 17.6. The minimum absolute atomic E-state index is 0.0849. The number of carbonyl (C=O) groups is 1. The van der Waals surface area contributed by atoms with Crippen LogP contribution in [0.25, 0.3) is 0 Å². The molecular formula is C17H19ClFN3O2. The van der Waals surface area contributed by atoms with Gasteiger partial charge in [-0.3, -0.25) is 4.79 Å². The van der Waals surface area contributed by atoms with Crippen LogP contribution >= 0.6 is 11.6 Å². The summed E-state index contributed by atoms with van der Waals surface area (Å²) in [6.45, 7) is 8.10. The Hall–Kier alpha value is -2.08. The summed E-state index contributed by atoms with van der Waals surface area (Å²) in [4.78, 5) is 20.1. The average Bonchev–Trinajstić information content (AvgIpc) is 2.85. The molecule has 3 rings (SSSR count). The third-order valence-corrected chi connectivity index (χ3v) is 4.19. The predicted octanol–water partition coefficient (Wildman–Crippen LogP) is 3.58. The van der Waals surface area contributed by atoms with E-state index in [0.29, 0.717) is 18.3 Å². The zero-order valence-corrected chi connectivity index (χ0v) is 14.8. The maximum absolute atomic E-state index is 14.5. The first-order valence-electron chi connectivity index (χ1n) is 7.81. The topological polar surface area (TPSA) is 45.1 Å². The number of amides is 1. The molecule has 0 saturated carbocycles. The van der Waals surface area contributed by atoms with Crippen LogP contribution in [-0.2, 0) is 4.79 Å². The highest BCUT2D eigenvalue weighted by molar-refractivity contribution is 6.32. The van der Waals surface area contributed by atoms with Gasteiger partial charge in [0.1, 0.15) is 11.6 Å². The van der Waals surface area contributed by atoms with Crippen molar-refractivity contribution in [1.29, 1.82) is 0 Å². The van der Waals surface area contributed by atoms with Gasteiger partial charge in [0, 0.05) is 17.8 Å². The molecule has 0 aliphatic carbocycles. The summed E-state index contributed by atoms with van der Waals surface area (Å²) in [6.07, 6.45) is 1.36. The number of guanidine groups is 1. The lowest BCUT2D eigenvalue weighted by molar-refractivity contribution is -0.113. The zero-order valence-electron chi connectivity index (χ0n) is 14.0. The molecule has 0 N–H and O–H groups in total. The fourth-order valence-corrected chi connectivity index (χ4v) is 3.12. The summed E-state index contributed by atoms with van der Waals surface area (Å²) >= 11 is 6.06. The van der Waals surface area contributed by atoms with Gasteiger partial charge in [0.05, 0.1) is 29.4 Å². The summed E-state index contributed by atoms with van der Waals surface area (Å²) in [5, 5.41) is 0.166. The van der Waals surface area contributed by atoms with Crippen LogP contribution in [-0.4, -0.2) is 35.5 Å². The van der Waals surface area contributed by atoms with Crippen molar-refractivity contribution in [2.75, 3.05) is 11.4 Å². The molecule has 0 radical (unpaired) electrons. The minimum atomic E-state index is -0.598. The number of ether oxygens (including phenoxy) is 1. The van der Waals surface area contributed by atoms with Crippen LogP contribution in [0.5, 0.6) is 5.75 Å². The van der Waals surface area contributed by atoms with E-state index in [2.05, 4.69) is 4.99 Å². The molecule has 7 heteroatoms. The van der Waals surface area contributed by atoms with Gasteiger partial charge in [-0.05, 0) is 33.8 Å². The number of anilines is 1. The van der Waals surface area contributed by atoms with E-state index in [4.69, 9.17) is 16.3 Å². The van der Waals surface area contributed by atoms with E-state index in [1.807, 2.05) is 32.6 Å². The summed E-state index contributed by atoms with van der Waals surface area (Å²) in [6, 6.07) is 2.73. The van der Waals surface area contributed by atoms with Gasteiger partial charge in [0.15, 0.2) is 0 Å². The molecule has 1 unspecified atom stereocenters. The second-order valence-corrected chi connectivity index (χ2v) is 6.63. The molecule has 0 bridgehead atoms. The number of fused-ring (bicyclic) bond motifs is 1. The normalized spacial score (nSPS) is 20.3. The molecular weight excluding hydrogens is 333 g/mol. The first-order valence-corrected chi connectivity index (χ1v) is 8.19. The molecule has 0 spiro atoms. The minimum Gasteiger partial charge on any atom is -0.489 e. The van der Waals surface area contributed by atoms with Crippen molar-refractivity contribution < 1.29 is 13.9 Å². The number of nitrogens with zero attached hydrogens (tertiary/aromatic N) is 3. The van der Waals surface area contributed by atoms with Crippen molar-refractivity contribution in [3.8, 4) is 5.75 Å². The molecule has 5 nitrogen and oxygen atoms in total. The lowest BCUT2D eigenvalue weighted by atomic mass is 10.2. The lowest BCUT2D eigenvalue weighted by Gasteiger charge is -2.36. The number of aliphatic imine (C=N–C) groups is 1. The van der Waals surface area contributed by atoms with Crippen LogP contribution in [0.1, 0.15) is 27.7 Å². The molecule has 1 aromatic carbocycles. The Morgan fingerprint density at radius 2 is 2.12 bits per heavy atom. The van der Waals surface area contributed by atoms with E-state index in [1.54, 1.807) is 0 Å². The monoisotopic (exact) mass is 351 g/mol. The van der Waals surface area contributed by atoms with E-state index >= 15 is 0 Å². The molecule has 1 aromatic rings. The molecule has 1 atom stereocenters. The smallest absolute Gasteiger partial charge is 0.259 e. The Labute approximate surface area is 145 Å². The second kappa shape index (κ2) is 6.09. The standard InChI is InChI=1S/C17H19ClFN3O2/c1-9(2)24-15-7-14(13(19)6-12(15)18)22-16(23)5-10(3)21-11(4)8-20-17(21)22/h5-7,9,11H,8H2,1-4H3. The Morgan fingerprint density at radius 3 is 2.79 bits per heavy atom. The number of carbonyl (C=O) groups excluding carboxylic acids is 1. The van der Waals surface area contributed by atoms with Crippen LogP contribution in [0.2, 0.25) is 5.02 Å². The van der Waals surface area contributed by atoms with Crippen LogP contribution < -0.4 is 9.64 Å². The maximum Gasteiger partial charge on any atom is 0.259 e.